The van der Waals surface area contributed by atoms with E-state index in [0.717, 1.165) is 19.6 Å². The van der Waals surface area contributed by atoms with Gasteiger partial charge in [0.25, 0.3) is 0 Å². The van der Waals surface area contributed by atoms with Crippen LogP contribution in [0.15, 0.2) is 30.3 Å². The standard InChI is InChI=1S/C19H28N2O2/c1-15-13-21(12-11-20(15)14-19(22)23)18-10-6-5-9-17(18)16-7-3-2-4-8-16/h2-4,7-8,15,17-18H,5-6,9-14H2,1H3,(H,22,23). The molecule has 1 saturated heterocycles. The molecular formula is C19H28N2O2. The number of carbonyl (C=O) groups is 1. The number of aliphatic carboxylic acids is 1. The molecule has 3 atom stereocenters. The lowest BCUT2D eigenvalue weighted by atomic mass is 9.79. The molecule has 0 spiro atoms. The van der Waals surface area contributed by atoms with E-state index in [-0.39, 0.29) is 6.54 Å². The first-order valence-corrected chi connectivity index (χ1v) is 8.90. The van der Waals surface area contributed by atoms with Gasteiger partial charge in [-0.1, -0.05) is 43.2 Å². The van der Waals surface area contributed by atoms with Gasteiger partial charge in [0.05, 0.1) is 6.54 Å². The fraction of sp³-hybridized carbons (Fsp3) is 0.632. The van der Waals surface area contributed by atoms with Crippen LogP contribution in [0, 0.1) is 0 Å². The maximum Gasteiger partial charge on any atom is 0.317 e. The fourth-order valence-electron chi connectivity index (χ4n) is 4.37. The van der Waals surface area contributed by atoms with Gasteiger partial charge in [-0.15, -0.1) is 0 Å². The highest BCUT2D eigenvalue weighted by Crippen LogP contribution is 2.36. The minimum Gasteiger partial charge on any atom is -0.480 e. The predicted octanol–water partition coefficient (Wildman–Crippen LogP) is 2.80. The summed E-state index contributed by atoms with van der Waals surface area (Å²) in [6.07, 6.45) is 5.19. The highest BCUT2D eigenvalue weighted by atomic mass is 16.4. The van der Waals surface area contributed by atoms with Crippen LogP contribution in [-0.2, 0) is 4.79 Å². The van der Waals surface area contributed by atoms with Crippen molar-refractivity contribution >= 4 is 5.97 Å². The molecule has 3 rings (SSSR count). The van der Waals surface area contributed by atoms with Gasteiger partial charge in [0.1, 0.15) is 0 Å². The lowest BCUT2D eigenvalue weighted by Crippen LogP contribution is -2.57. The molecule has 0 bridgehead atoms. The Kier molecular flexibility index (Phi) is 5.34. The zero-order chi connectivity index (χ0) is 16.2. The van der Waals surface area contributed by atoms with E-state index >= 15 is 0 Å². The van der Waals surface area contributed by atoms with Crippen LogP contribution < -0.4 is 0 Å². The van der Waals surface area contributed by atoms with Gasteiger partial charge in [-0.05, 0) is 31.2 Å². The number of piperazine rings is 1. The Morgan fingerprint density at radius 3 is 2.61 bits per heavy atom. The minimum atomic E-state index is -0.717. The number of hydrogen-bond donors (Lipinski definition) is 1. The molecule has 0 radical (unpaired) electrons. The molecule has 126 valence electrons. The second-order valence-electron chi connectivity index (χ2n) is 7.08. The number of nitrogens with zero attached hydrogens (tertiary/aromatic N) is 2. The predicted molar refractivity (Wildman–Crippen MR) is 91.7 cm³/mol. The minimum absolute atomic E-state index is 0.168. The molecule has 4 heteroatoms. The van der Waals surface area contributed by atoms with Crippen molar-refractivity contribution in [3.63, 3.8) is 0 Å². The van der Waals surface area contributed by atoms with Gasteiger partial charge in [0.2, 0.25) is 0 Å². The topological polar surface area (TPSA) is 43.8 Å². The zero-order valence-corrected chi connectivity index (χ0v) is 14.0. The Hall–Kier alpha value is -1.39. The van der Waals surface area contributed by atoms with Crippen LogP contribution in [0.4, 0.5) is 0 Å². The van der Waals surface area contributed by atoms with Crippen LogP contribution in [0.2, 0.25) is 0 Å². The Balaban J connectivity index is 1.69. The average Bonchev–Trinajstić information content (AvgIpc) is 2.57. The average molecular weight is 316 g/mol. The summed E-state index contributed by atoms with van der Waals surface area (Å²) < 4.78 is 0. The highest BCUT2D eigenvalue weighted by Gasteiger charge is 2.35. The van der Waals surface area contributed by atoms with Crippen molar-refractivity contribution in [2.45, 2.75) is 50.6 Å². The van der Waals surface area contributed by atoms with Gasteiger partial charge in [-0.3, -0.25) is 14.6 Å². The summed E-state index contributed by atoms with van der Waals surface area (Å²) in [7, 11) is 0. The van der Waals surface area contributed by atoms with Gasteiger partial charge in [-0.2, -0.15) is 0 Å². The third-order valence-electron chi connectivity index (χ3n) is 5.56. The van der Waals surface area contributed by atoms with Crippen molar-refractivity contribution < 1.29 is 9.90 Å². The van der Waals surface area contributed by atoms with Gasteiger partial charge >= 0.3 is 5.97 Å². The quantitative estimate of drug-likeness (QED) is 0.928. The molecule has 1 aliphatic carbocycles. The van der Waals surface area contributed by atoms with Crippen LogP contribution in [0.5, 0.6) is 0 Å². The molecule has 1 aromatic carbocycles. The van der Waals surface area contributed by atoms with Crippen LogP contribution in [0.3, 0.4) is 0 Å². The maximum atomic E-state index is 11.0. The summed E-state index contributed by atoms with van der Waals surface area (Å²) in [5, 5.41) is 9.03. The number of carboxylic acid groups (broad SMARTS) is 1. The van der Waals surface area contributed by atoms with Gasteiger partial charge in [0.15, 0.2) is 0 Å². The SMILES string of the molecule is CC1CN(C2CCCCC2c2ccccc2)CCN1CC(=O)O. The molecule has 0 aromatic heterocycles. The lowest BCUT2D eigenvalue weighted by Gasteiger charge is -2.46. The van der Waals surface area contributed by atoms with E-state index in [9.17, 15) is 4.79 Å². The van der Waals surface area contributed by atoms with Gasteiger partial charge in [-0.25, -0.2) is 0 Å². The summed E-state index contributed by atoms with van der Waals surface area (Å²) in [5.74, 6) is -0.0895. The Morgan fingerprint density at radius 2 is 1.91 bits per heavy atom. The second kappa shape index (κ2) is 7.45. The summed E-state index contributed by atoms with van der Waals surface area (Å²) in [5.41, 5.74) is 1.47. The van der Waals surface area contributed by atoms with E-state index in [0.29, 0.717) is 18.0 Å². The van der Waals surface area contributed by atoms with Crippen molar-refractivity contribution in [2.24, 2.45) is 0 Å². The highest BCUT2D eigenvalue weighted by molar-refractivity contribution is 5.69. The Morgan fingerprint density at radius 1 is 1.17 bits per heavy atom. The largest absolute Gasteiger partial charge is 0.480 e. The Labute approximate surface area is 139 Å². The first kappa shape index (κ1) is 16.5. The summed E-state index contributed by atoms with van der Waals surface area (Å²) in [6, 6.07) is 11.9. The molecule has 2 aliphatic rings. The lowest BCUT2D eigenvalue weighted by molar-refractivity contribution is -0.139. The number of rotatable bonds is 4. The summed E-state index contributed by atoms with van der Waals surface area (Å²) in [4.78, 5) is 15.7. The summed E-state index contributed by atoms with van der Waals surface area (Å²) >= 11 is 0. The number of carboxylic acids is 1. The molecular weight excluding hydrogens is 288 g/mol. The van der Waals surface area contributed by atoms with E-state index in [1.807, 2.05) is 0 Å². The first-order chi connectivity index (χ1) is 11.1. The molecule has 1 saturated carbocycles. The number of benzene rings is 1. The molecule has 23 heavy (non-hydrogen) atoms. The molecule has 1 N–H and O–H groups in total. The molecule has 1 aromatic rings. The fourth-order valence-corrected chi connectivity index (χ4v) is 4.37. The van der Waals surface area contributed by atoms with Crippen molar-refractivity contribution in [1.29, 1.82) is 0 Å². The molecule has 1 heterocycles. The Bertz CT molecular complexity index is 519. The summed E-state index contributed by atoms with van der Waals surface area (Å²) in [6.45, 7) is 5.18. The zero-order valence-electron chi connectivity index (χ0n) is 14.0. The van der Waals surface area contributed by atoms with Crippen molar-refractivity contribution in [3.05, 3.63) is 35.9 Å². The van der Waals surface area contributed by atoms with E-state index < -0.39 is 5.97 Å². The van der Waals surface area contributed by atoms with Crippen LogP contribution >= 0.6 is 0 Å². The van der Waals surface area contributed by atoms with Crippen molar-refractivity contribution in [1.82, 2.24) is 9.80 Å². The third-order valence-corrected chi connectivity index (χ3v) is 5.56. The molecule has 2 fully saturated rings. The van der Waals surface area contributed by atoms with Gasteiger partial charge in [0, 0.05) is 31.7 Å². The molecule has 1 aliphatic heterocycles. The molecule has 4 nitrogen and oxygen atoms in total. The smallest absolute Gasteiger partial charge is 0.317 e. The van der Waals surface area contributed by atoms with Crippen molar-refractivity contribution in [3.8, 4) is 0 Å². The van der Waals surface area contributed by atoms with E-state index in [1.54, 1.807) is 0 Å². The third kappa shape index (κ3) is 3.93. The monoisotopic (exact) mass is 316 g/mol. The van der Waals surface area contributed by atoms with Crippen molar-refractivity contribution in [2.75, 3.05) is 26.2 Å². The van der Waals surface area contributed by atoms with Gasteiger partial charge < -0.3 is 5.11 Å². The second-order valence-corrected chi connectivity index (χ2v) is 7.08. The van der Waals surface area contributed by atoms with E-state index in [1.165, 1.54) is 31.2 Å². The van der Waals surface area contributed by atoms with Crippen LogP contribution in [0.25, 0.3) is 0 Å². The molecule has 0 amide bonds. The first-order valence-electron chi connectivity index (χ1n) is 8.90. The van der Waals surface area contributed by atoms with Crippen LogP contribution in [-0.4, -0.2) is 59.1 Å². The van der Waals surface area contributed by atoms with E-state index in [4.69, 9.17) is 5.11 Å². The number of hydrogen-bond acceptors (Lipinski definition) is 3. The maximum absolute atomic E-state index is 11.0. The van der Waals surface area contributed by atoms with E-state index in [2.05, 4.69) is 47.1 Å². The molecule has 3 unspecified atom stereocenters. The normalized spacial score (nSPS) is 30.2. The van der Waals surface area contributed by atoms with Crippen LogP contribution in [0.1, 0.15) is 44.1 Å².